The van der Waals surface area contributed by atoms with Crippen molar-refractivity contribution in [3.63, 3.8) is 0 Å². The third-order valence-corrected chi connectivity index (χ3v) is 4.44. The third kappa shape index (κ3) is 2.39. The highest BCUT2D eigenvalue weighted by atomic mass is 15.1. The van der Waals surface area contributed by atoms with E-state index in [4.69, 9.17) is 5.73 Å². The second kappa shape index (κ2) is 4.93. The molecule has 0 aliphatic heterocycles. The van der Waals surface area contributed by atoms with Crippen LogP contribution in [0.5, 0.6) is 0 Å². The number of nitrogens with two attached hydrogens (primary N) is 1. The van der Waals surface area contributed by atoms with Crippen molar-refractivity contribution in [3.8, 4) is 0 Å². The summed E-state index contributed by atoms with van der Waals surface area (Å²) in [6.45, 7) is 8.50. The van der Waals surface area contributed by atoms with Crippen molar-refractivity contribution in [2.75, 3.05) is 25.0 Å². The van der Waals surface area contributed by atoms with Gasteiger partial charge in [-0.3, -0.25) is 0 Å². The minimum Gasteiger partial charge on any atom is -0.374 e. The molecule has 0 spiro atoms. The first kappa shape index (κ1) is 13.4. The van der Waals surface area contributed by atoms with Gasteiger partial charge in [0.2, 0.25) is 0 Å². The van der Waals surface area contributed by atoms with E-state index in [0.717, 1.165) is 13.1 Å². The minimum atomic E-state index is 0.374. The summed E-state index contributed by atoms with van der Waals surface area (Å²) in [6, 6.07) is 4.55. The van der Waals surface area contributed by atoms with Gasteiger partial charge in [-0.15, -0.1) is 0 Å². The first-order valence-corrected chi connectivity index (χ1v) is 6.96. The van der Waals surface area contributed by atoms with E-state index in [1.807, 2.05) is 0 Å². The number of rotatable bonds is 4. The summed E-state index contributed by atoms with van der Waals surface area (Å²) in [4.78, 5) is 2.41. The van der Waals surface area contributed by atoms with Crippen molar-refractivity contribution in [1.82, 2.24) is 0 Å². The molecule has 0 saturated heterocycles. The zero-order chi connectivity index (χ0) is 13.3. The van der Waals surface area contributed by atoms with Crippen molar-refractivity contribution in [3.05, 3.63) is 28.8 Å². The zero-order valence-electron chi connectivity index (χ0n) is 12.2. The van der Waals surface area contributed by atoms with Gasteiger partial charge in [-0.1, -0.05) is 24.1 Å². The summed E-state index contributed by atoms with van der Waals surface area (Å²) >= 11 is 0. The molecule has 2 rings (SSSR count). The Bertz CT molecular complexity index is 404. The molecule has 0 amide bonds. The molecule has 2 heteroatoms. The largest absolute Gasteiger partial charge is 0.374 e. The summed E-state index contributed by atoms with van der Waals surface area (Å²) in [6.07, 6.45) is 3.92. The summed E-state index contributed by atoms with van der Waals surface area (Å²) in [5.74, 6) is 0. The average molecular weight is 246 g/mol. The fourth-order valence-electron chi connectivity index (χ4n) is 3.46. The van der Waals surface area contributed by atoms with Gasteiger partial charge in [0.05, 0.1) is 0 Å². The Morgan fingerprint density at radius 1 is 1.17 bits per heavy atom. The molecule has 18 heavy (non-hydrogen) atoms. The maximum absolute atomic E-state index is 5.97. The van der Waals surface area contributed by atoms with Gasteiger partial charge in [-0.25, -0.2) is 0 Å². The maximum Gasteiger partial charge on any atom is 0.0423 e. The lowest BCUT2D eigenvalue weighted by molar-refractivity contribution is 0.154. The van der Waals surface area contributed by atoms with Crippen LogP contribution in [0.2, 0.25) is 0 Å². The molecule has 1 saturated carbocycles. The molecule has 0 bridgehead atoms. The van der Waals surface area contributed by atoms with Crippen LogP contribution in [0.15, 0.2) is 12.1 Å². The topological polar surface area (TPSA) is 29.3 Å². The molecule has 1 aromatic rings. The molecular formula is C16H26N2. The van der Waals surface area contributed by atoms with Crippen LogP contribution in [0.4, 0.5) is 5.69 Å². The Hall–Kier alpha value is -1.02. The molecule has 100 valence electrons. The molecule has 1 fully saturated rings. The highest BCUT2D eigenvalue weighted by Gasteiger charge is 2.36. The Morgan fingerprint density at radius 3 is 2.11 bits per heavy atom. The lowest BCUT2D eigenvalue weighted by atomic mass is 9.68. The average Bonchev–Trinajstić information content (AvgIpc) is 2.21. The third-order valence-electron chi connectivity index (χ3n) is 4.44. The second-order valence-corrected chi connectivity index (χ2v) is 6.16. The molecule has 0 radical (unpaired) electrons. The number of hydrogen-bond acceptors (Lipinski definition) is 2. The van der Waals surface area contributed by atoms with Gasteiger partial charge in [0, 0.05) is 24.7 Å². The van der Waals surface area contributed by atoms with Crippen LogP contribution in [0.3, 0.4) is 0 Å². The van der Waals surface area contributed by atoms with Gasteiger partial charge < -0.3 is 10.6 Å². The fraction of sp³-hybridized carbons (Fsp3) is 0.625. The Kier molecular flexibility index (Phi) is 3.67. The molecule has 1 aliphatic carbocycles. The van der Waals surface area contributed by atoms with Gasteiger partial charge in [0.25, 0.3) is 0 Å². The highest BCUT2D eigenvalue weighted by Crippen LogP contribution is 2.41. The molecule has 0 aromatic heterocycles. The van der Waals surface area contributed by atoms with Crippen molar-refractivity contribution >= 4 is 5.69 Å². The van der Waals surface area contributed by atoms with Crippen molar-refractivity contribution < 1.29 is 0 Å². The quantitative estimate of drug-likeness (QED) is 0.884. The summed E-state index contributed by atoms with van der Waals surface area (Å²) in [7, 11) is 2.21. The van der Waals surface area contributed by atoms with Gasteiger partial charge in [-0.05, 0) is 51.3 Å². The standard InChI is InChI=1S/C16H26N2/c1-12-8-13(2)15(14(3)9-12)18(4)11-16(10-17)6-5-7-16/h8-9H,5-7,10-11,17H2,1-4H3. The molecule has 0 heterocycles. The van der Waals surface area contributed by atoms with Crippen LogP contribution in [-0.2, 0) is 0 Å². The van der Waals surface area contributed by atoms with E-state index in [1.165, 1.54) is 41.6 Å². The second-order valence-electron chi connectivity index (χ2n) is 6.16. The molecular weight excluding hydrogens is 220 g/mol. The van der Waals surface area contributed by atoms with E-state index in [9.17, 15) is 0 Å². The van der Waals surface area contributed by atoms with Crippen molar-refractivity contribution in [1.29, 1.82) is 0 Å². The maximum atomic E-state index is 5.97. The number of anilines is 1. The van der Waals surface area contributed by atoms with Crippen molar-refractivity contribution in [2.24, 2.45) is 11.1 Å². The van der Waals surface area contributed by atoms with Gasteiger partial charge >= 0.3 is 0 Å². The number of hydrogen-bond donors (Lipinski definition) is 1. The SMILES string of the molecule is Cc1cc(C)c(N(C)CC2(CN)CCC2)c(C)c1. The Balaban J connectivity index is 2.21. The van der Waals surface area contributed by atoms with E-state index < -0.39 is 0 Å². The van der Waals surface area contributed by atoms with E-state index in [0.29, 0.717) is 5.41 Å². The van der Waals surface area contributed by atoms with E-state index in [-0.39, 0.29) is 0 Å². The zero-order valence-corrected chi connectivity index (χ0v) is 12.2. The predicted octanol–water partition coefficient (Wildman–Crippen LogP) is 3.18. The smallest absolute Gasteiger partial charge is 0.0423 e. The molecule has 2 N–H and O–H groups in total. The van der Waals surface area contributed by atoms with Crippen LogP contribution in [0.25, 0.3) is 0 Å². The van der Waals surface area contributed by atoms with Crippen LogP contribution >= 0.6 is 0 Å². The lowest BCUT2D eigenvalue weighted by Gasteiger charge is -2.44. The molecule has 0 unspecified atom stereocenters. The van der Waals surface area contributed by atoms with E-state index >= 15 is 0 Å². The lowest BCUT2D eigenvalue weighted by Crippen LogP contribution is -2.46. The Morgan fingerprint density at radius 2 is 1.72 bits per heavy atom. The van der Waals surface area contributed by atoms with Crippen LogP contribution in [0.1, 0.15) is 36.0 Å². The number of aryl methyl sites for hydroxylation is 3. The molecule has 2 nitrogen and oxygen atoms in total. The summed E-state index contributed by atoms with van der Waals surface area (Å²) < 4.78 is 0. The number of benzene rings is 1. The van der Waals surface area contributed by atoms with E-state index in [1.54, 1.807) is 0 Å². The van der Waals surface area contributed by atoms with Crippen LogP contribution in [0, 0.1) is 26.2 Å². The van der Waals surface area contributed by atoms with E-state index in [2.05, 4.69) is 44.9 Å². The minimum absolute atomic E-state index is 0.374. The molecule has 0 atom stereocenters. The highest BCUT2D eigenvalue weighted by molar-refractivity contribution is 5.60. The van der Waals surface area contributed by atoms with Crippen molar-refractivity contribution in [2.45, 2.75) is 40.0 Å². The fourth-order valence-corrected chi connectivity index (χ4v) is 3.46. The van der Waals surface area contributed by atoms with Crippen LogP contribution in [-0.4, -0.2) is 20.1 Å². The monoisotopic (exact) mass is 246 g/mol. The summed E-state index contributed by atoms with van der Waals surface area (Å²) in [5, 5.41) is 0. The number of nitrogens with zero attached hydrogens (tertiary/aromatic N) is 1. The van der Waals surface area contributed by atoms with Crippen LogP contribution < -0.4 is 10.6 Å². The Labute approximate surface area is 111 Å². The first-order valence-electron chi connectivity index (χ1n) is 6.96. The van der Waals surface area contributed by atoms with Gasteiger partial charge in [0.15, 0.2) is 0 Å². The van der Waals surface area contributed by atoms with Gasteiger partial charge in [-0.2, -0.15) is 0 Å². The summed E-state index contributed by atoms with van der Waals surface area (Å²) in [5.41, 5.74) is 11.8. The normalized spacial score (nSPS) is 17.4. The first-order chi connectivity index (χ1) is 8.47. The van der Waals surface area contributed by atoms with Gasteiger partial charge in [0.1, 0.15) is 0 Å². The molecule has 1 aliphatic rings. The predicted molar refractivity (Wildman–Crippen MR) is 79.3 cm³/mol. The molecule has 1 aromatic carbocycles.